The van der Waals surface area contributed by atoms with Crippen LogP contribution in [0.3, 0.4) is 0 Å². The molecule has 0 aromatic heterocycles. The minimum atomic E-state index is 0.214. The molecular weight excluding hydrogens is 238 g/mol. The van der Waals surface area contributed by atoms with E-state index in [1.165, 1.54) is 0 Å². The summed E-state index contributed by atoms with van der Waals surface area (Å²) in [7, 11) is 1.86. The molecule has 0 heterocycles. The Labute approximate surface area is 115 Å². The van der Waals surface area contributed by atoms with Crippen molar-refractivity contribution in [3.8, 4) is 0 Å². The predicted octanol–water partition coefficient (Wildman–Crippen LogP) is 2.14. The maximum absolute atomic E-state index is 11.0. The number of hydrogen-bond acceptors (Lipinski definition) is 4. The standard InChI is InChI=1S/C15H23N3O/c1-12(19)8-7-11-18(17-3)15(13(2)16)14-9-5-4-6-10-14/h4-6,9-10,17H,7-8,11,16H2,1-3H3/b15-13-. The average Bonchev–Trinajstić information content (AvgIpc) is 2.37. The van der Waals surface area contributed by atoms with E-state index in [1.807, 2.05) is 49.3 Å². The molecule has 0 spiro atoms. The van der Waals surface area contributed by atoms with Gasteiger partial charge in [-0.2, -0.15) is 0 Å². The van der Waals surface area contributed by atoms with Gasteiger partial charge in [-0.3, -0.25) is 0 Å². The number of hydrazine groups is 1. The highest BCUT2D eigenvalue weighted by Gasteiger charge is 2.12. The summed E-state index contributed by atoms with van der Waals surface area (Å²) < 4.78 is 0. The van der Waals surface area contributed by atoms with Gasteiger partial charge in [-0.15, -0.1) is 0 Å². The van der Waals surface area contributed by atoms with Crippen molar-refractivity contribution in [2.45, 2.75) is 26.7 Å². The molecule has 104 valence electrons. The fraction of sp³-hybridized carbons (Fsp3) is 0.400. The van der Waals surface area contributed by atoms with Crippen LogP contribution >= 0.6 is 0 Å². The summed E-state index contributed by atoms with van der Waals surface area (Å²) in [5.74, 6) is 0.214. The quantitative estimate of drug-likeness (QED) is 0.738. The molecule has 0 amide bonds. The molecule has 0 aliphatic carbocycles. The normalized spacial score (nSPS) is 11.9. The predicted molar refractivity (Wildman–Crippen MR) is 78.9 cm³/mol. The molecule has 0 atom stereocenters. The van der Waals surface area contributed by atoms with Crippen LogP contribution in [0.1, 0.15) is 32.3 Å². The number of nitrogens with two attached hydrogens (primary N) is 1. The monoisotopic (exact) mass is 261 g/mol. The number of ketones is 1. The fourth-order valence-electron chi connectivity index (χ4n) is 2.01. The SMILES string of the molecule is CNN(CCCC(C)=O)/C(=C(/C)N)c1ccccc1. The fourth-order valence-corrected chi connectivity index (χ4v) is 2.01. The van der Waals surface area contributed by atoms with Gasteiger partial charge in [0.25, 0.3) is 0 Å². The molecule has 3 N–H and O–H groups in total. The third-order valence-electron chi connectivity index (χ3n) is 2.87. The molecule has 1 aromatic rings. The van der Waals surface area contributed by atoms with Crippen molar-refractivity contribution in [2.24, 2.45) is 5.73 Å². The highest BCUT2D eigenvalue weighted by molar-refractivity contribution is 5.75. The van der Waals surface area contributed by atoms with Crippen molar-refractivity contribution in [1.82, 2.24) is 10.4 Å². The van der Waals surface area contributed by atoms with Crippen molar-refractivity contribution >= 4 is 11.5 Å². The summed E-state index contributed by atoms with van der Waals surface area (Å²) in [6.45, 7) is 4.25. The lowest BCUT2D eigenvalue weighted by Crippen LogP contribution is -2.35. The number of rotatable bonds is 7. The van der Waals surface area contributed by atoms with Gasteiger partial charge in [-0.1, -0.05) is 30.3 Å². The molecule has 0 bridgehead atoms. The van der Waals surface area contributed by atoms with Crippen molar-refractivity contribution in [3.63, 3.8) is 0 Å². The van der Waals surface area contributed by atoms with Crippen LogP contribution in [0.2, 0.25) is 0 Å². The Bertz CT molecular complexity index is 436. The van der Waals surface area contributed by atoms with Crippen LogP contribution in [0.5, 0.6) is 0 Å². The number of hydrogen-bond donors (Lipinski definition) is 2. The lowest BCUT2D eigenvalue weighted by Gasteiger charge is -2.27. The van der Waals surface area contributed by atoms with E-state index in [1.54, 1.807) is 6.92 Å². The Balaban J connectivity index is 2.86. The second kappa shape index (κ2) is 7.59. The van der Waals surface area contributed by atoms with Crippen molar-refractivity contribution < 1.29 is 4.79 Å². The first kappa shape index (κ1) is 15.2. The number of benzene rings is 1. The van der Waals surface area contributed by atoms with Gasteiger partial charge < -0.3 is 15.5 Å². The average molecular weight is 261 g/mol. The zero-order chi connectivity index (χ0) is 14.3. The molecule has 0 unspecified atom stereocenters. The largest absolute Gasteiger partial charge is 0.401 e. The van der Waals surface area contributed by atoms with Crippen molar-refractivity contribution in [2.75, 3.05) is 13.6 Å². The molecule has 0 fully saturated rings. The topological polar surface area (TPSA) is 58.4 Å². The Morgan fingerprint density at radius 1 is 1.26 bits per heavy atom. The molecule has 4 heteroatoms. The van der Waals surface area contributed by atoms with Crippen LogP contribution in [-0.2, 0) is 4.79 Å². The zero-order valence-electron chi connectivity index (χ0n) is 11.9. The van der Waals surface area contributed by atoms with E-state index in [0.717, 1.165) is 29.9 Å². The number of carbonyl (C=O) groups is 1. The summed E-state index contributed by atoms with van der Waals surface area (Å²) in [5, 5.41) is 1.99. The molecule has 4 nitrogen and oxygen atoms in total. The number of allylic oxidation sites excluding steroid dienone is 1. The van der Waals surface area contributed by atoms with Gasteiger partial charge in [0.1, 0.15) is 5.78 Å². The zero-order valence-corrected chi connectivity index (χ0v) is 11.9. The van der Waals surface area contributed by atoms with Crippen molar-refractivity contribution in [1.29, 1.82) is 0 Å². The maximum atomic E-state index is 11.0. The second-order valence-corrected chi connectivity index (χ2v) is 4.58. The van der Waals surface area contributed by atoms with Crippen molar-refractivity contribution in [3.05, 3.63) is 41.6 Å². The Morgan fingerprint density at radius 3 is 2.37 bits per heavy atom. The van der Waals surface area contributed by atoms with E-state index >= 15 is 0 Å². The van der Waals surface area contributed by atoms with Crippen LogP contribution in [0.4, 0.5) is 0 Å². The molecule has 0 aliphatic rings. The van der Waals surface area contributed by atoms with E-state index in [4.69, 9.17) is 5.73 Å². The number of Topliss-reactive ketones (excluding diaryl/α,β-unsaturated/α-hetero) is 1. The second-order valence-electron chi connectivity index (χ2n) is 4.58. The van der Waals surface area contributed by atoms with E-state index in [2.05, 4.69) is 5.43 Å². The van der Waals surface area contributed by atoms with E-state index in [0.29, 0.717) is 6.42 Å². The summed E-state index contributed by atoms with van der Waals surface area (Å²) in [6, 6.07) is 10.0. The first-order valence-corrected chi connectivity index (χ1v) is 6.52. The van der Waals surface area contributed by atoms with Crippen LogP contribution in [0.15, 0.2) is 36.0 Å². The third kappa shape index (κ3) is 4.75. The molecule has 19 heavy (non-hydrogen) atoms. The molecule has 1 aromatic carbocycles. The van der Waals surface area contributed by atoms with Gasteiger partial charge in [0.05, 0.1) is 5.70 Å². The number of carbonyl (C=O) groups excluding carboxylic acids is 1. The Hall–Kier alpha value is -1.81. The third-order valence-corrected chi connectivity index (χ3v) is 2.87. The summed E-state index contributed by atoms with van der Waals surface area (Å²) in [6.07, 6.45) is 1.39. The van der Waals surface area contributed by atoms with Crippen LogP contribution in [-0.4, -0.2) is 24.4 Å². The highest BCUT2D eigenvalue weighted by atomic mass is 16.1. The van der Waals surface area contributed by atoms with Crippen LogP contribution in [0, 0.1) is 0 Å². The van der Waals surface area contributed by atoms with Gasteiger partial charge in [0.15, 0.2) is 0 Å². The highest BCUT2D eigenvalue weighted by Crippen LogP contribution is 2.19. The molecule has 1 rings (SSSR count). The van der Waals surface area contributed by atoms with Gasteiger partial charge in [-0.25, -0.2) is 5.43 Å². The minimum Gasteiger partial charge on any atom is -0.401 e. The molecule has 0 saturated heterocycles. The smallest absolute Gasteiger partial charge is 0.129 e. The minimum absolute atomic E-state index is 0.214. The maximum Gasteiger partial charge on any atom is 0.129 e. The van der Waals surface area contributed by atoms with Gasteiger partial charge in [0, 0.05) is 31.3 Å². The van der Waals surface area contributed by atoms with Crippen LogP contribution < -0.4 is 11.2 Å². The number of nitrogens with one attached hydrogen (secondary N) is 1. The molecule has 0 saturated carbocycles. The Morgan fingerprint density at radius 2 is 1.89 bits per heavy atom. The van der Waals surface area contributed by atoms with E-state index in [9.17, 15) is 4.79 Å². The summed E-state index contributed by atoms with van der Waals surface area (Å²) in [5.41, 5.74) is 11.9. The lowest BCUT2D eigenvalue weighted by molar-refractivity contribution is -0.117. The first-order chi connectivity index (χ1) is 9.06. The van der Waals surface area contributed by atoms with E-state index < -0.39 is 0 Å². The summed E-state index contributed by atoms with van der Waals surface area (Å²) >= 11 is 0. The van der Waals surface area contributed by atoms with Gasteiger partial charge >= 0.3 is 0 Å². The Kier molecular flexibility index (Phi) is 6.09. The van der Waals surface area contributed by atoms with E-state index in [-0.39, 0.29) is 5.78 Å². The number of nitrogens with zero attached hydrogens (tertiary/aromatic N) is 1. The summed E-state index contributed by atoms with van der Waals surface area (Å²) in [4.78, 5) is 11.0. The first-order valence-electron chi connectivity index (χ1n) is 6.52. The van der Waals surface area contributed by atoms with Gasteiger partial charge in [0.2, 0.25) is 0 Å². The molecule has 0 aliphatic heterocycles. The lowest BCUT2D eigenvalue weighted by atomic mass is 10.1. The molecular formula is C15H23N3O. The molecule has 0 radical (unpaired) electrons. The van der Waals surface area contributed by atoms with Crippen LogP contribution in [0.25, 0.3) is 5.70 Å². The van der Waals surface area contributed by atoms with Gasteiger partial charge in [-0.05, 0) is 20.3 Å².